The molecule has 3 heterocycles. The van der Waals surface area contributed by atoms with Crippen molar-refractivity contribution in [3.8, 4) is 0 Å². The Kier molecular flexibility index (Phi) is 4.79. The first kappa shape index (κ1) is 22.1. The highest BCUT2D eigenvalue weighted by Gasteiger charge is 2.58. The van der Waals surface area contributed by atoms with Gasteiger partial charge in [0.15, 0.2) is 0 Å². The number of hydrogen-bond acceptors (Lipinski definition) is 6. The van der Waals surface area contributed by atoms with Crippen molar-refractivity contribution in [1.29, 1.82) is 0 Å². The molecule has 11 heteroatoms. The minimum absolute atomic E-state index is 0.126. The van der Waals surface area contributed by atoms with Crippen molar-refractivity contribution in [3.05, 3.63) is 40.1 Å². The van der Waals surface area contributed by atoms with Crippen molar-refractivity contribution in [1.82, 2.24) is 19.4 Å². The van der Waals surface area contributed by atoms with E-state index in [4.69, 9.17) is 29.3 Å². The summed E-state index contributed by atoms with van der Waals surface area (Å²) in [6, 6.07) is 2.84. The molecule has 2 aliphatic carbocycles. The normalized spacial score (nSPS) is 20.5. The standard InChI is InChI=1S/C22H25B3N6O2/c1-12(2)30-19(33)17-13(22(23,24)25)9-14(29-16-10-15(26)27-11-28-16)18(32)31(17)21(30)7-5-20(3-4-20)6-8-21/h9-12H,3-8H2,1-2H3,(H3,26,27,28,29). The summed E-state index contributed by atoms with van der Waals surface area (Å²) in [5.74, 6) is 0.314. The number of hydrogen-bond donors (Lipinski definition) is 2. The highest BCUT2D eigenvalue weighted by molar-refractivity contribution is 6.59. The van der Waals surface area contributed by atoms with Crippen LogP contribution in [-0.4, -0.2) is 54.9 Å². The lowest BCUT2D eigenvalue weighted by atomic mass is 9.40. The molecular weight excluding hydrogens is 413 g/mol. The summed E-state index contributed by atoms with van der Waals surface area (Å²) in [7, 11) is 18.4. The maximum Gasteiger partial charge on any atom is 0.276 e. The van der Waals surface area contributed by atoms with E-state index in [1.165, 1.54) is 31.3 Å². The molecule has 2 spiro atoms. The molecule has 3 aliphatic rings. The molecule has 2 saturated carbocycles. The van der Waals surface area contributed by atoms with Gasteiger partial charge in [-0.3, -0.25) is 14.2 Å². The van der Waals surface area contributed by atoms with Gasteiger partial charge in [0.05, 0.1) is 23.5 Å². The highest BCUT2D eigenvalue weighted by Crippen LogP contribution is 2.61. The van der Waals surface area contributed by atoms with Crippen LogP contribution in [0.2, 0.25) is 0 Å². The molecule has 5 rings (SSSR count). The second-order valence-corrected chi connectivity index (χ2v) is 10.1. The molecule has 0 aromatic carbocycles. The van der Waals surface area contributed by atoms with E-state index >= 15 is 0 Å². The van der Waals surface area contributed by atoms with Gasteiger partial charge in [-0.05, 0) is 69.4 Å². The van der Waals surface area contributed by atoms with Crippen LogP contribution in [0.1, 0.15) is 68.4 Å². The summed E-state index contributed by atoms with van der Waals surface area (Å²) in [5, 5.41) is 1.17. The fourth-order valence-electron chi connectivity index (χ4n) is 5.67. The Labute approximate surface area is 197 Å². The first-order chi connectivity index (χ1) is 15.5. The molecule has 164 valence electrons. The van der Waals surface area contributed by atoms with E-state index in [0.717, 1.165) is 12.8 Å². The number of carbonyl (C=O) groups excluding carboxylic acids is 1. The molecule has 2 aromatic heterocycles. The summed E-state index contributed by atoms with van der Waals surface area (Å²) >= 11 is 0. The fourth-order valence-corrected chi connectivity index (χ4v) is 5.67. The maximum absolute atomic E-state index is 13.9. The van der Waals surface area contributed by atoms with Gasteiger partial charge < -0.3 is 16.0 Å². The van der Waals surface area contributed by atoms with E-state index in [2.05, 4.69) is 15.3 Å². The zero-order valence-corrected chi connectivity index (χ0v) is 19.0. The van der Waals surface area contributed by atoms with Gasteiger partial charge in [0, 0.05) is 12.1 Å². The molecular formula is C22H25B3N6O2. The van der Waals surface area contributed by atoms with Crippen LogP contribution in [0, 0.1) is 5.41 Å². The molecule has 33 heavy (non-hydrogen) atoms. The number of pyridine rings is 1. The molecule has 1 aliphatic heterocycles. The number of nitrogen functional groups attached to an aromatic ring is 1. The lowest BCUT2D eigenvalue weighted by Gasteiger charge is -2.46. The van der Waals surface area contributed by atoms with Crippen LogP contribution in [0.3, 0.4) is 0 Å². The number of anilines is 3. The van der Waals surface area contributed by atoms with Gasteiger partial charge in [-0.1, -0.05) is 0 Å². The van der Waals surface area contributed by atoms with Crippen LogP contribution in [0.25, 0.3) is 0 Å². The Morgan fingerprint density at radius 2 is 1.70 bits per heavy atom. The van der Waals surface area contributed by atoms with Crippen molar-refractivity contribution in [2.45, 2.75) is 69.2 Å². The highest BCUT2D eigenvalue weighted by atomic mass is 16.2. The maximum atomic E-state index is 13.9. The van der Waals surface area contributed by atoms with Crippen LogP contribution in [0.4, 0.5) is 17.3 Å². The topological polar surface area (TPSA) is 106 Å². The zero-order chi connectivity index (χ0) is 23.8. The molecule has 1 amide bonds. The first-order valence-electron chi connectivity index (χ1n) is 11.3. The molecule has 0 saturated heterocycles. The average molecular weight is 438 g/mol. The molecule has 0 atom stereocenters. The van der Waals surface area contributed by atoms with E-state index < -0.39 is 10.8 Å². The predicted octanol–water partition coefficient (Wildman–Crippen LogP) is 1.45. The van der Waals surface area contributed by atoms with Gasteiger partial charge in [0.2, 0.25) is 0 Å². The monoisotopic (exact) mass is 438 g/mol. The van der Waals surface area contributed by atoms with Crippen LogP contribution >= 0.6 is 0 Å². The lowest BCUT2D eigenvalue weighted by Crippen LogP contribution is -2.54. The predicted molar refractivity (Wildman–Crippen MR) is 129 cm³/mol. The number of aromatic nitrogens is 3. The van der Waals surface area contributed by atoms with Gasteiger partial charge in [-0.15, -0.1) is 5.11 Å². The summed E-state index contributed by atoms with van der Waals surface area (Å²) in [6.45, 7) is 3.92. The number of carbonyl (C=O) groups is 1. The Morgan fingerprint density at radius 3 is 2.24 bits per heavy atom. The summed E-state index contributed by atoms with van der Waals surface area (Å²) in [6.07, 6.45) is 7.03. The molecule has 0 bridgehead atoms. The average Bonchev–Trinajstić information content (AvgIpc) is 3.44. The number of rotatable bonds is 4. The molecule has 3 N–H and O–H groups in total. The number of amides is 1. The van der Waals surface area contributed by atoms with Crippen LogP contribution < -0.4 is 16.6 Å². The summed E-state index contributed by atoms with van der Waals surface area (Å²) in [4.78, 5) is 37.5. The van der Waals surface area contributed by atoms with Crippen molar-refractivity contribution in [2.75, 3.05) is 11.1 Å². The van der Waals surface area contributed by atoms with Crippen LogP contribution in [0.15, 0.2) is 23.3 Å². The number of fused-ring (bicyclic) bond motifs is 2. The number of nitrogens with zero attached hydrogens (tertiary/aromatic N) is 4. The van der Waals surface area contributed by atoms with E-state index in [0.29, 0.717) is 24.1 Å². The molecule has 8 nitrogen and oxygen atoms in total. The van der Waals surface area contributed by atoms with Crippen molar-refractivity contribution >= 4 is 46.8 Å². The minimum atomic E-state index is -1.83. The third-order valence-electron chi connectivity index (χ3n) is 7.49. The van der Waals surface area contributed by atoms with Gasteiger partial charge in [0.25, 0.3) is 11.5 Å². The Hall–Kier alpha value is -2.71. The number of nitrogens with one attached hydrogen (secondary N) is 1. The van der Waals surface area contributed by atoms with E-state index in [1.807, 2.05) is 18.7 Å². The van der Waals surface area contributed by atoms with Crippen molar-refractivity contribution in [2.24, 2.45) is 5.41 Å². The van der Waals surface area contributed by atoms with E-state index in [1.54, 1.807) is 4.57 Å². The van der Waals surface area contributed by atoms with Gasteiger partial charge >= 0.3 is 0 Å². The second kappa shape index (κ2) is 7.14. The molecule has 2 fully saturated rings. The second-order valence-electron chi connectivity index (χ2n) is 10.1. The first-order valence-corrected chi connectivity index (χ1v) is 11.3. The third-order valence-corrected chi connectivity index (χ3v) is 7.49. The van der Waals surface area contributed by atoms with Gasteiger partial charge in [-0.25, -0.2) is 9.97 Å². The Balaban J connectivity index is 1.73. The Morgan fingerprint density at radius 1 is 1.06 bits per heavy atom. The van der Waals surface area contributed by atoms with Gasteiger partial charge in [0.1, 0.15) is 35.0 Å². The fraction of sp³-hybridized carbons (Fsp3) is 0.545. The molecule has 2 aromatic rings. The Bertz CT molecular complexity index is 1190. The smallest absolute Gasteiger partial charge is 0.276 e. The van der Waals surface area contributed by atoms with Crippen LogP contribution in [0.5, 0.6) is 0 Å². The zero-order valence-electron chi connectivity index (χ0n) is 19.0. The van der Waals surface area contributed by atoms with Crippen molar-refractivity contribution < 1.29 is 4.79 Å². The largest absolute Gasteiger partial charge is 0.384 e. The SMILES string of the molecule is [B]C([B])([B])c1cc(Nc2cc(N)ncn2)c(=O)n2c1C(=O)N(C(C)C)C21CCC2(CC2)CC1. The molecule has 0 unspecified atom stereocenters. The van der Waals surface area contributed by atoms with Crippen molar-refractivity contribution in [3.63, 3.8) is 0 Å². The van der Waals surface area contributed by atoms with E-state index in [9.17, 15) is 9.59 Å². The minimum Gasteiger partial charge on any atom is -0.384 e. The van der Waals surface area contributed by atoms with Crippen LogP contribution in [-0.2, 0) is 10.8 Å². The van der Waals surface area contributed by atoms with Gasteiger partial charge in [-0.2, -0.15) is 0 Å². The third kappa shape index (κ3) is 3.39. The molecule has 6 radical (unpaired) electrons. The summed E-state index contributed by atoms with van der Waals surface area (Å²) in [5.41, 5.74) is 5.53. The quantitative estimate of drug-likeness (QED) is 0.701. The van der Waals surface area contributed by atoms with E-state index in [-0.39, 0.29) is 40.3 Å². The lowest BCUT2D eigenvalue weighted by molar-refractivity contribution is -0.0159. The summed E-state index contributed by atoms with van der Waals surface area (Å²) < 4.78 is 1.59. The number of nitrogens with two attached hydrogens (primary N) is 1.